The van der Waals surface area contributed by atoms with Gasteiger partial charge in [-0.25, -0.2) is 9.18 Å². The van der Waals surface area contributed by atoms with Crippen LogP contribution >= 0.6 is 0 Å². The van der Waals surface area contributed by atoms with Crippen molar-refractivity contribution in [2.24, 2.45) is 0 Å². The van der Waals surface area contributed by atoms with Crippen molar-refractivity contribution in [3.05, 3.63) is 59.9 Å². The summed E-state index contributed by atoms with van der Waals surface area (Å²) in [5.74, 6) is -0.791. The molecule has 2 amide bonds. The van der Waals surface area contributed by atoms with Crippen molar-refractivity contribution >= 4 is 11.7 Å². The van der Waals surface area contributed by atoms with E-state index in [9.17, 15) is 23.1 Å². The molecule has 8 heteroatoms. The number of alkyl halides is 2. The first-order chi connectivity index (χ1) is 11.5. The van der Waals surface area contributed by atoms with Gasteiger partial charge in [0.25, 0.3) is 0 Å². The second kappa shape index (κ2) is 8.21. The number of hydrogen-bond donors (Lipinski definition) is 3. The van der Waals surface area contributed by atoms with Gasteiger partial charge in [0.15, 0.2) is 0 Å². The molecule has 0 bridgehead atoms. The van der Waals surface area contributed by atoms with Crippen molar-refractivity contribution in [3.63, 3.8) is 0 Å². The van der Waals surface area contributed by atoms with Crippen molar-refractivity contribution in [1.29, 1.82) is 0 Å². The summed E-state index contributed by atoms with van der Waals surface area (Å²) in [6.07, 6.45) is -1.25. The van der Waals surface area contributed by atoms with Gasteiger partial charge in [0.2, 0.25) is 0 Å². The SMILES string of the molecule is O=C(NCC(O)c1ccccc1F)Nc1ccccc1OC(F)F. The predicted molar refractivity (Wildman–Crippen MR) is 81.5 cm³/mol. The number of benzene rings is 2. The van der Waals surface area contributed by atoms with E-state index in [1.807, 2.05) is 0 Å². The van der Waals surface area contributed by atoms with E-state index in [1.165, 1.54) is 42.5 Å². The zero-order chi connectivity index (χ0) is 17.5. The number of nitrogens with one attached hydrogen (secondary N) is 2. The van der Waals surface area contributed by atoms with E-state index in [4.69, 9.17) is 0 Å². The number of ether oxygens (including phenoxy) is 1. The monoisotopic (exact) mass is 340 g/mol. The van der Waals surface area contributed by atoms with Crippen LogP contribution in [0, 0.1) is 5.82 Å². The number of aliphatic hydroxyl groups is 1. The summed E-state index contributed by atoms with van der Waals surface area (Å²) in [6, 6.07) is 10.5. The summed E-state index contributed by atoms with van der Waals surface area (Å²) >= 11 is 0. The molecule has 0 saturated heterocycles. The largest absolute Gasteiger partial charge is 0.433 e. The highest BCUT2D eigenvalue weighted by Crippen LogP contribution is 2.25. The fraction of sp³-hybridized carbons (Fsp3) is 0.188. The first kappa shape index (κ1) is 17.6. The zero-order valence-corrected chi connectivity index (χ0v) is 12.4. The molecule has 2 rings (SSSR count). The van der Waals surface area contributed by atoms with Crippen LogP contribution in [0.4, 0.5) is 23.7 Å². The van der Waals surface area contributed by atoms with Crippen LogP contribution in [0.2, 0.25) is 0 Å². The lowest BCUT2D eigenvalue weighted by molar-refractivity contribution is -0.0493. The number of carbonyl (C=O) groups excluding carboxylic acids is 1. The standard InChI is InChI=1S/C16H15F3N2O3/c17-11-6-2-1-5-10(11)13(22)9-20-16(23)21-12-7-3-4-8-14(12)24-15(18)19/h1-8,13,15,22H,9H2,(H2,20,21,23). The number of aliphatic hydroxyl groups excluding tert-OH is 1. The highest BCUT2D eigenvalue weighted by atomic mass is 19.3. The maximum atomic E-state index is 13.5. The molecule has 3 N–H and O–H groups in total. The lowest BCUT2D eigenvalue weighted by Crippen LogP contribution is -2.32. The molecule has 0 spiro atoms. The Kier molecular flexibility index (Phi) is 6.02. The molecule has 0 fully saturated rings. The third kappa shape index (κ3) is 4.88. The van der Waals surface area contributed by atoms with Crippen molar-refractivity contribution in [3.8, 4) is 5.75 Å². The fourth-order valence-electron chi connectivity index (χ4n) is 1.98. The third-order valence-corrected chi connectivity index (χ3v) is 3.07. The van der Waals surface area contributed by atoms with Crippen LogP contribution in [0.25, 0.3) is 0 Å². The Labute approximate surface area is 136 Å². The number of anilines is 1. The van der Waals surface area contributed by atoms with Crippen LogP contribution < -0.4 is 15.4 Å². The molecule has 0 heterocycles. The maximum Gasteiger partial charge on any atom is 0.387 e. The van der Waals surface area contributed by atoms with Gasteiger partial charge in [-0.2, -0.15) is 8.78 Å². The smallest absolute Gasteiger partial charge is 0.387 e. The van der Waals surface area contributed by atoms with E-state index < -0.39 is 24.6 Å². The molecule has 0 aliphatic carbocycles. The Morgan fingerprint density at radius 3 is 2.50 bits per heavy atom. The molecule has 2 aromatic rings. The Balaban J connectivity index is 1.93. The van der Waals surface area contributed by atoms with E-state index in [0.717, 1.165) is 0 Å². The number of carbonyl (C=O) groups is 1. The molecular weight excluding hydrogens is 325 g/mol. The lowest BCUT2D eigenvalue weighted by Gasteiger charge is -2.15. The number of para-hydroxylation sites is 2. The average molecular weight is 340 g/mol. The predicted octanol–water partition coefficient (Wildman–Crippen LogP) is 3.28. The second-order valence-corrected chi connectivity index (χ2v) is 4.75. The molecule has 24 heavy (non-hydrogen) atoms. The molecule has 2 aromatic carbocycles. The van der Waals surface area contributed by atoms with Gasteiger partial charge < -0.3 is 20.5 Å². The second-order valence-electron chi connectivity index (χ2n) is 4.75. The van der Waals surface area contributed by atoms with E-state index in [2.05, 4.69) is 15.4 Å². The minimum atomic E-state index is -3.03. The van der Waals surface area contributed by atoms with Gasteiger partial charge in [0.05, 0.1) is 11.8 Å². The van der Waals surface area contributed by atoms with E-state index in [-0.39, 0.29) is 23.5 Å². The normalized spacial score (nSPS) is 11.9. The van der Waals surface area contributed by atoms with Gasteiger partial charge in [-0.15, -0.1) is 0 Å². The number of hydrogen-bond acceptors (Lipinski definition) is 3. The molecule has 5 nitrogen and oxygen atoms in total. The lowest BCUT2D eigenvalue weighted by atomic mass is 10.1. The number of rotatable bonds is 6. The summed E-state index contributed by atoms with van der Waals surface area (Å²) < 4.78 is 42.4. The molecule has 0 aromatic heterocycles. The Morgan fingerprint density at radius 2 is 1.79 bits per heavy atom. The van der Waals surface area contributed by atoms with Crippen LogP contribution in [-0.4, -0.2) is 24.3 Å². The molecule has 0 saturated carbocycles. The van der Waals surface area contributed by atoms with Crippen molar-refractivity contribution in [2.45, 2.75) is 12.7 Å². The number of halogens is 3. The van der Waals surface area contributed by atoms with Crippen molar-refractivity contribution in [2.75, 3.05) is 11.9 Å². The number of amides is 2. The highest BCUT2D eigenvalue weighted by Gasteiger charge is 2.15. The summed E-state index contributed by atoms with van der Waals surface area (Å²) in [6.45, 7) is -3.29. The van der Waals surface area contributed by atoms with Gasteiger partial charge in [-0.1, -0.05) is 30.3 Å². The van der Waals surface area contributed by atoms with Crippen LogP contribution in [0.15, 0.2) is 48.5 Å². The number of urea groups is 1. The van der Waals surface area contributed by atoms with Gasteiger partial charge >= 0.3 is 12.6 Å². The topological polar surface area (TPSA) is 70.6 Å². The van der Waals surface area contributed by atoms with Gasteiger partial charge in [0, 0.05) is 12.1 Å². The summed E-state index contributed by atoms with van der Waals surface area (Å²) in [5.41, 5.74) is 0.0786. The Hall–Kier alpha value is -2.74. The quantitative estimate of drug-likeness (QED) is 0.756. The minimum Gasteiger partial charge on any atom is -0.433 e. The summed E-state index contributed by atoms with van der Waals surface area (Å²) in [5, 5.41) is 14.5. The van der Waals surface area contributed by atoms with Crippen LogP contribution in [0.1, 0.15) is 11.7 Å². The van der Waals surface area contributed by atoms with Gasteiger partial charge in [0.1, 0.15) is 11.6 Å². The van der Waals surface area contributed by atoms with Gasteiger partial charge in [-0.3, -0.25) is 0 Å². The van der Waals surface area contributed by atoms with E-state index in [0.29, 0.717) is 0 Å². The van der Waals surface area contributed by atoms with E-state index in [1.54, 1.807) is 6.07 Å². The van der Waals surface area contributed by atoms with Crippen LogP contribution in [0.3, 0.4) is 0 Å². The van der Waals surface area contributed by atoms with Crippen LogP contribution in [-0.2, 0) is 0 Å². The fourth-order valence-corrected chi connectivity index (χ4v) is 1.98. The van der Waals surface area contributed by atoms with Gasteiger partial charge in [-0.05, 0) is 18.2 Å². The Bertz CT molecular complexity index is 698. The highest BCUT2D eigenvalue weighted by molar-refractivity contribution is 5.90. The summed E-state index contributed by atoms with van der Waals surface area (Å²) in [7, 11) is 0. The van der Waals surface area contributed by atoms with Crippen molar-refractivity contribution < 1.29 is 27.8 Å². The summed E-state index contributed by atoms with van der Waals surface area (Å²) in [4.78, 5) is 11.8. The first-order valence-corrected chi connectivity index (χ1v) is 6.98. The molecule has 1 unspecified atom stereocenters. The molecule has 0 aliphatic heterocycles. The minimum absolute atomic E-state index is 0.0377. The molecule has 1 atom stereocenters. The molecule has 128 valence electrons. The molecule has 0 aliphatic rings. The molecule has 0 radical (unpaired) electrons. The van der Waals surface area contributed by atoms with Crippen molar-refractivity contribution in [1.82, 2.24) is 5.32 Å². The maximum absolute atomic E-state index is 13.5. The third-order valence-electron chi connectivity index (χ3n) is 3.07. The first-order valence-electron chi connectivity index (χ1n) is 6.98. The zero-order valence-electron chi connectivity index (χ0n) is 12.4. The average Bonchev–Trinajstić information content (AvgIpc) is 2.54. The Morgan fingerprint density at radius 1 is 1.12 bits per heavy atom. The molecular formula is C16H15F3N2O3. The van der Waals surface area contributed by atoms with Crippen LogP contribution in [0.5, 0.6) is 5.75 Å². The van der Waals surface area contributed by atoms with E-state index >= 15 is 0 Å².